The highest BCUT2D eigenvalue weighted by molar-refractivity contribution is 6.18. The summed E-state index contributed by atoms with van der Waals surface area (Å²) in [6, 6.07) is 27.0. The van der Waals surface area contributed by atoms with E-state index in [1.165, 1.54) is 11.0 Å². The van der Waals surface area contributed by atoms with Crippen LogP contribution in [0.4, 0.5) is 20.6 Å². The van der Waals surface area contributed by atoms with Gasteiger partial charge in [-0.3, -0.25) is 19.9 Å². The van der Waals surface area contributed by atoms with Crippen LogP contribution >= 0.6 is 11.6 Å². The monoisotopic (exact) mass is 654 g/mol. The summed E-state index contributed by atoms with van der Waals surface area (Å²) < 4.78 is 15.1. The number of nitrogens with zero attached hydrogens (tertiary/aromatic N) is 3. The van der Waals surface area contributed by atoms with Crippen LogP contribution in [-0.4, -0.2) is 65.7 Å². The summed E-state index contributed by atoms with van der Waals surface area (Å²) in [5.41, 5.74) is 7.07. The predicted octanol–water partition coefficient (Wildman–Crippen LogP) is 6.59. The zero-order valence-electron chi connectivity index (χ0n) is 25.8. The number of rotatable bonds is 9. The molecule has 2 saturated heterocycles. The normalized spacial score (nSPS) is 16.2. The third-order valence-corrected chi connectivity index (χ3v) is 8.90. The van der Waals surface area contributed by atoms with E-state index in [9.17, 15) is 19.8 Å². The van der Waals surface area contributed by atoms with E-state index in [0.717, 1.165) is 59.7 Å². The molecule has 0 bridgehead atoms. The molecule has 0 aliphatic carbocycles. The van der Waals surface area contributed by atoms with Crippen LogP contribution in [0.2, 0.25) is 0 Å². The number of nitrogens with one attached hydrogen (secondary N) is 1. The molecule has 2 aliphatic rings. The van der Waals surface area contributed by atoms with Gasteiger partial charge in [-0.15, -0.1) is 11.6 Å². The fourth-order valence-corrected chi connectivity index (χ4v) is 6.39. The van der Waals surface area contributed by atoms with Gasteiger partial charge in [-0.1, -0.05) is 42.5 Å². The van der Waals surface area contributed by atoms with Gasteiger partial charge in [-0.2, -0.15) is 0 Å². The molecule has 4 aromatic rings. The van der Waals surface area contributed by atoms with Crippen LogP contribution in [0.25, 0.3) is 11.1 Å². The number of hydrogen-bond acceptors (Lipinski definition) is 6. The highest BCUT2D eigenvalue weighted by Gasteiger charge is 2.25. The lowest BCUT2D eigenvalue weighted by Gasteiger charge is -2.36. The van der Waals surface area contributed by atoms with E-state index in [1.54, 1.807) is 36.4 Å². The molecule has 242 valence electrons. The van der Waals surface area contributed by atoms with Gasteiger partial charge in [0.1, 0.15) is 17.3 Å². The van der Waals surface area contributed by atoms with E-state index in [-0.39, 0.29) is 36.2 Å². The highest BCUT2D eigenvalue weighted by Crippen LogP contribution is 2.36. The lowest BCUT2D eigenvalue weighted by Crippen LogP contribution is -2.49. The second-order valence-electron chi connectivity index (χ2n) is 11.7. The van der Waals surface area contributed by atoms with E-state index in [1.807, 2.05) is 24.3 Å². The first-order valence-corrected chi connectivity index (χ1v) is 16.2. The minimum Gasteiger partial charge on any atom is -0.508 e. The number of urea groups is 1. The molecule has 6 rings (SSSR count). The van der Waals surface area contributed by atoms with Gasteiger partial charge in [0, 0.05) is 68.5 Å². The number of alkyl halides is 1. The Morgan fingerprint density at radius 2 is 1.32 bits per heavy atom. The van der Waals surface area contributed by atoms with Crippen LogP contribution in [0.1, 0.15) is 35.1 Å². The molecule has 0 atom stereocenters. The van der Waals surface area contributed by atoms with E-state index >= 15 is 4.39 Å². The Labute approximate surface area is 278 Å². The standard InChI is InChI=1S/C37H36ClFN4O4/c38-17-15-33(25-4-11-31(44)12-5-25)36(27-6-13-32(45)14-7-27)26-1-8-29(9-2-26)42-21-19-41(20-22-42)24-28-3-10-30(23-34(28)39)43-18-16-35(46)40-37(43)47/h1-14,23,44-45H,15-22,24H2,(H,40,46,47). The van der Waals surface area contributed by atoms with E-state index < -0.39 is 6.03 Å². The van der Waals surface area contributed by atoms with E-state index in [0.29, 0.717) is 30.1 Å². The molecule has 0 unspecified atom stereocenters. The molecule has 0 saturated carbocycles. The minimum absolute atomic E-state index is 0.188. The molecule has 2 fully saturated rings. The van der Waals surface area contributed by atoms with Crippen molar-refractivity contribution in [2.75, 3.05) is 48.4 Å². The first-order chi connectivity index (χ1) is 22.8. The summed E-state index contributed by atoms with van der Waals surface area (Å²) in [5, 5.41) is 22.1. The number of amides is 3. The van der Waals surface area contributed by atoms with Crippen LogP contribution in [0, 0.1) is 5.82 Å². The van der Waals surface area contributed by atoms with Crippen LogP contribution in [0.3, 0.4) is 0 Å². The number of imide groups is 1. The molecule has 3 N–H and O–H groups in total. The molecule has 4 aromatic carbocycles. The summed E-state index contributed by atoms with van der Waals surface area (Å²) >= 11 is 6.29. The summed E-state index contributed by atoms with van der Waals surface area (Å²) in [7, 11) is 0. The minimum atomic E-state index is -0.529. The number of phenols is 2. The maximum Gasteiger partial charge on any atom is 0.328 e. The first-order valence-electron chi connectivity index (χ1n) is 15.6. The number of halogens is 2. The van der Waals surface area contributed by atoms with Gasteiger partial charge in [-0.25, -0.2) is 9.18 Å². The Kier molecular flexibility index (Phi) is 9.75. The van der Waals surface area contributed by atoms with Crippen molar-refractivity contribution in [3.8, 4) is 11.5 Å². The number of piperazine rings is 1. The summed E-state index contributed by atoms with van der Waals surface area (Å²) in [6.45, 7) is 3.79. The molecular formula is C37H36ClFN4O4. The Hall–Kier alpha value is -4.86. The number of phenolic OH excluding ortho intramolecular Hbond substituents is 2. The maximum atomic E-state index is 15.1. The van der Waals surface area contributed by atoms with Crippen molar-refractivity contribution in [1.29, 1.82) is 0 Å². The molecule has 0 radical (unpaired) electrons. The topological polar surface area (TPSA) is 96.4 Å². The third-order valence-electron chi connectivity index (χ3n) is 8.71. The smallest absolute Gasteiger partial charge is 0.328 e. The average Bonchev–Trinajstić information content (AvgIpc) is 3.07. The Bertz CT molecular complexity index is 1770. The van der Waals surface area contributed by atoms with Gasteiger partial charge in [0.15, 0.2) is 0 Å². The van der Waals surface area contributed by atoms with Crippen molar-refractivity contribution >= 4 is 46.1 Å². The molecular weight excluding hydrogens is 619 g/mol. The fourth-order valence-electron chi connectivity index (χ4n) is 6.20. The first kappa shape index (κ1) is 32.1. The highest BCUT2D eigenvalue weighted by atomic mass is 35.5. The molecule has 10 heteroatoms. The van der Waals surface area contributed by atoms with Crippen molar-refractivity contribution in [1.82, 2.24) is 10.2 Å². The van der Waals surface area contributed by atoms with Crippen LogP contribution in [0.15, 0.2) is 91.0 Å². The Morgan fingerprint density at radius 1 is 0.745 bits per heavy atom. The molecule has 0 aromatic heterocycles. The second kappa shape index (κ2) is 14.3. The number of aromatic hydroxyl groups is 2. The number of allylic oxidation sites excluding steroid dienone is 1. The summed E-state index contributed by atoms with van der Waals surface area (Å²) in [6.07, 6.45) is 0.803. The van der Waals surface area contributed by atoms with Crippen molar-refractivity contribution in [2.45, 2.75) is 19.4 Å². The quantitative estimate of drug-likeness (QED) is 0.139. The maximum absolute atomic E-state index is 15.1. The number of hydrogen-bond donors (Lipinski definition) is 3. The Morgan fingerprint density at radius 3 is 1.89 bits per heavy atom. The predicted molar refractivity (Wildman–Crippen MR) is 183 cm³/mol. The summed E-state index contributed by atoms with van der Waals surface area (Å²) in [5.74, 6) is 0.114. The van der Waals surface area contributed by atoms with Crippen LogP contribution < -0.4 is 15.1 Å². The van der Waals surface area contributed by atoms with Crippen molar-refractivity contribution in [3.63, 3.8) is 0 Å². The van der Waals surface area contributed by atoms with E-state index in [4.69, 9.17) is 11.6 Å². The second-order valence-corrected chi connectivity index (χ2v) is 12.1. The van der Waals surface area contributed by atoms with Gasteiger partial charge >= 0.3 is 6.03 Å². The number of benzene rings is 4. The van der Waals surface area contributed by atoms with Crippen molar-refractivity contribution in [2.24, 2.45) is 0 Å². The molecule has 8 nitrogen and oxygen atoms in total. The average molecular weight is 655 g/mol. The van der Waals surface area contributed by atoms with Gasteiger partial charge in [0.25, 0.3) is 0 Å². The lowest BCUT2D eigenvalue weighted by molar-refractivity contribution is -0.120. The summed E-state index contributed by atoms with van der Waals surface area (Å²) in [4.78, 5) is 29.5. The largest absolute Gasteiger partial charge is 0.508 e. The third kappa shape index (κ3) is 7.42. The molecule has 3 amide bonds. The van der Waals surface area contributed by atoms with Gasteiger partial charge in [0.2, 0.25) is 5.91 Å². The van der Waals surface area contributed by atoms with Crippen LogP contribution in [0.5, 0.6) is 11.5 Å². The number of carbonyl (C=O) groups is 2. The SMILES string of the molecule is O=C1CCN(c2ccc(CN3CCN(c4ccc(C(=C(CCCl)c5ccc(O)cc5)c5ccc(O)cc5)cc4)CC3)c(F)c2)C(=O)N1. The molecule has 47 heavy (non-hydrogen) atoms. The van der Waals surface area contributed by atoms with E-state index in [2.05, 4.69) is 39.4 Å². The van der Waals surface area contributed by atoms with Gasteiger partial charge in [0.05, 0.1) is 0 Å². The molecule has 2 aliphatic heterocycles. The Balaban J connectivity index is 1.15. The zero-order chi connectivity index (χ0) is 32.9. The lowest BCUT2D eigenvalue weighted by atomic mass is 9.88. The van der Waals surface area contributed by atoms with Gasteiger partial charge in [-0.05, 0) is 82.8 Å². The fraction of sp³-hybridized carbons (Fsp3) is 0.243. The number of carbonyl (C=O) groups excluding carboxylic acids is 2. The van der Waals surface area contributed by atoms with Crippen molar-refractivity contribution in [3.05, 3.63) is 119 Å². The van der Waals surface area contributed by atoms with Gasteiger partial charge < -0.3 is 15.1 Å². The molecule has 2 heterocycles. The van der Waals surface area contributed by atoms with Crippen LogP contribution in [-0.2, 0) is 11.3 Å². The molecule has 0 spiro atoms. The zero-order valence-corrected chi connectivity index (χ0v) is 26.6. The number of anilines is 2. The van der Waals surface area contributed by atoms with Crippen molar-refractivity contribution < 1.29 is 24.2 Å².